The largest absolute Gasteiger partial charge is 0.416 e. The van der Waals surface area contributed by atoms with Crippen LogP contribution in [0.1, 0.15) is 24.8 Å². The van der Waals surface area contributed by atoms with Gasteiger partial charge >= 0.3 is 6.18 Å². The Bertz CT molecular complexity index is 862. The number of hydrogen-bond acceptors (Lipinski definition) is 4. The average Bonchev–Trinajstić information content (AvgIpc) is 2.82. The number of alkyl halides is 3. The van der Waals surface area contributed by atoms with Crippen molar-refractivity contribution in [3.05, 3.63) is 29.8 Å². The Labute approximate surface area is 145 Å². The lowest BCUT2D eigenvalue weighted by atomic mass is 9.85. The Morgan fingerprint density at radius 3 is 2.42 bits per heavy atom. The summed E-state index contributed by atoms with van der Waals surface area (Å²) in [5.74, 6) is -0.984. The highest BCUT2D eigenvalue weighted by molar-refractivity contribution is 5.98. The average molecular weight is 367 g/mol. The van der Waals surface area contributed by atoms with Crippen LogP contribution < -0.4 is 10.6 Å². The van der Waals surface area contributed by atoms with Gasteiger partial charge in [-0.15, -0.1) is 5.10 Å². The predicted molar refractivity (Wildman–Crippen MR) is 84.4 cm³/mol. The highest BCUT2D eigenvalue weighted by Crippen LogP contribution is 2.37. The van der Waals surface area contributed by atoms with Gasteiger partial charge in [-0.1, -0.05) is 27.9 Å². The maximum Gasteiger partial charge on any atom is 0.416 e. The van der Waals surface area contributed by atoms with E-state index in [9.17, 15) is 22.4 Å². The van der Waals surface area contributed by atoms with E-state index in [4.69, 9.17) is 5.26 Å². The molecule has 1 heterocycles. The van der Waals surface area contributed by atoms with Crippen molar-refractivity contribution in [2.45, 2.75) is 25.4 Å². The first kappa shape index (κ1) is 17.7. The van der Waals surface area contributed by atoms with Crippen molar-refractivity contribution in [1.29, 1.82) is 5.26 Å². The Balaban J connectivity index is 1.95. The molecule has 0 unspecified atom stereocenters. The zero-order valence-electron chi connectivity index (χ0n) is 13.3. The van der Waals surface area contributed by atoms with Gasteiger partial charge in [-0.2, -0.15) is 18.4 Å². The van der Waals surface area contributed by atoms with E-state index in [1.54, 1.807) is 6.19 Å². The molecule has 1 saturated carbocycles. The van der Waals surface area contributed by atoms with Crippen LogP contribution in [0.4, 0.5) is 29.2 Å². The van der Waals surface area contributed by atoms with E-state index in [2.05, 4.69) is 15.7 Å². The third-order valence-corrected chi connectivity index (χ3v) is 4.23. The van der Waals surface area contributed by atoms with Gasteiger partial charge in [-0.05, 0) is 25.0 Å². The Morgan fingerprint density at radius 1 is 1.27 bits per heavy atom. The normalized spacial score (nSPS) is 14.4. The maximum absolute atomic E-state index is 14.2. The molecule has 10 heteroatoms. The number of aromatic nitrogens is 2. The molecule has 1 aliphatic carbocycles. The number of nitrogens with zero attached hydrogens (tertiary/aromatic N) is 3. The standard InChI is InChI=1S/C16H13F4N5O/c17-16(18,19)11-6-4-9(5-7-11)12-13(22-8-21)14(25(20)24-12)23-15(26)10-2-1-3-10/h4-7,10,22H,1-3H2,(H,23,26). The first-order valence-corrected chi connectivity index (χ1v) is 7.74. The number of carbonyl (C=O) groups is 1. The topological polar surface area (TPSA) is 82.7 Å². The van der Waals surface area contributed by atoms with E-state index < -0.39 is 17.6 Å². The van der Waals surface area contributed by atoms with Gasteiger partial charge in [0.05, 0.1) is 5.56 Å². The third kappa shape index (κ3) is 3.33. The van der Waals surface area contributed by atoms with E-state index >= 15 is 0 Å². The minimum absolute atomic E-state index is 0.0910. The fourth-order valence-corrected chi connectivity index (χ4v) is 2.58. The van der Waals surface area contributed by atoms with Crippen LogP contribution in [-0.2, 0) is 11.0 Å². The number of amides is 1. The van der Waals surface area contributed by atoms with Crippen molar-refractivity contribution in [1.82, 2.24) is 10.0 Å². The molecule has 1 aromatic carbocycles. The highest BCUT2D eigenvalue weighted by atomic mass is 19.4. The first-order valence-electron chi connectivity index (χ1n) is 7.74. The predicted octanol–water partition coefficient (Wildman–Crippen LogP) is 3.93. The van der Waals surface area contributed by atoms with Crippen molar-refractivity contribution < 1.29 is 22.4 Å². The van der Waals surface area contributed by atoms with E-state index in [-0.39, 0.29) is 33.6 Å². The fraction of sp³-hybridized carbons (Fsp3) is 0.312. The second-order valence-electron chi connectivity index (χ2n) is 5.86. The lowest BCUT2D eigenvalue weighted by Gasteiger charge is -2.23. The van der Waals surface area contributed by atoms with Gasteiger partial charge in [0.25, 0.3) is 0 Å². The molecule has 1 fully saturated rings. The SMILES string of the molecule is N#CNc1c(-c2ccc(C(F)(F)F)cc2)nn(F)c1NC(=O)C1CCC1. The van der Waals surface area contributed by atoms with Crippen LogP contribution >= 0.6 is 0 Å². The summed E-state index contributed by atoms with van der Waals surface area (Å²) in [6.45, 7) is 0. The molecule has 2 aromatic rings. The molecule has 0 bridgehead atoms. The molecule has 3 rings (SSSR count). The number of anilines is 2. The van der Waals surface area contributed by atoms with Crippen molar-refractivity contribution in [2.24, 2.45) is 5.92 Å². The van der Waals surface area contributed by atoms with Crippen LogP contribution in [0.2, 0.25) is 0 Å². The summed E-state index contributed by atoms with van der Waals surface area (Å²) in [7, 11) is 0. The molecule has 2 N–H and O–H groups in total. The van der Waals surface area contributed by atoms with Gasteiger partial charge in [-0.3, -0.25) is 10.1 Å². The van der Waals surface area contributed by atoms with Crippen molar-refractivity contribution in [2.75, 3.05) is 10.6 Å². The Hall–Kier alpha value is -3.09. The molecule has 0 spiro atoms. The van der Waals surface area contributed by atoms with Crippen molar-refractivity contribution in [3.63, 3.8) is 0 Å². The lowest BCUT2D eigenvalue weighted by molar-refractivity contribution is -0.137. The molecule has 0 atom stereocenters. The van der Waals surface area contributed by atoms with Gasteiger partial charge < -0.3 is 5.32 Å². The molecule has 136 valence electrons. The highest BCUT2D eigenvalue weighted by Gasteiger charge is 2.31. The fourth-order valence-electron chi connectivity index (χ4n) is 2.58. The number of benzene rings is 1. The summed E-state index contributed by atoms with van der Waals surface area (Å²) >= 11 is 0. The monoisotopic (exact) mass is 367 g/mol. The molecule has 1 aromatic heterocycles. The van der Waals surface area contributed by atoms with Gasteiger partial charge in [0.1, 0.15) is 11.4 Å². The van der Waals surface area contributed by atoms with Crippen LogP contribution in [0.5, 0.6) is 0 Å². The summed E-state index contributed by atoms with van der Waals surface area (Å²) in [5.41, 5.74) is -0.922. The number of rotatable bonds is 4. The van der Waals surface area contributed by atoms with Crippen LogP contribution in [0, 0.1) is 17.4 Å². The number of carbonyl (C=O) groups excluding carboxylic acids is 1. The molecule has 6 nitrogen and oxygen atoms in total. The summed E-state index contributed by atoms with van der Waals surface area (Å²) in [5, 5.41) is 17.1. The summed E-state index contributed by atoms with van der Waals surface area (Å²) in [4.78, 5) is 11.9. The van der Waals surface area contributed by atoms with Crippen molar-refractivity contribution >= 4 is 17.4 Å². The van der Waals surface area contributed by atoms with Gasteiger partial charge in [0.2, 0.25) is 5.91 Å². The van der Waals surface area contributed by atoms with Crippen LogP contribution in [0.3, 0.4) is 0 Å². The molecule has 26 heavy (non-hydrogen) atoms. The van der Waals surface area contributed by atoms with E-state index in [0.717, 1.165) is 30.7 Å². The van der Waals surface area contributed by atoms with Gasteiger partial charge in [-0.25, -0.2) is 0 Å². The zero-order valence-corrected chi connectivity index (χ0v) is 13.3. The van der Waals surface area contributed by atoms with Crippen LogP contribution in [0.25, 0.3) is 11.3 Å². The number of hydrogen-bond donors (Lipinski definition) is 2. The Morgan fingerprint density at radius 2 is 1.92 bits per heavy atom. The van der Waals surface area contributed by atoms with Crippen LogP contribution in [-0.4, -0.2) is 15.9 Å². The molecule has 0 saturated heterocycles. The molecular formula is C16H13F4N5O. The van der Waals surface area contributed by atoms with E-state index in [1.807, 2.05) is 0 Å². The maximum atomic E-state index is 14.2. The lowest BCUT2D eigenvalue weighted by Crippen LogP contribution is -2.28. The quantitative estimate of drug-likeness (QED) is 0.487. The number of nitriles is 1. The second kappa shape index (κ2) is 6.67. The number of halogens is 4. The summed E-state index contributed by atoms with van der Waals surface area (Å²) in [6, 6.07) is 3.89. The molecular weight excluding hydrogens is 354 g/mol. The van der Waals surface area contributed by atoms with E-state index in [1.165, 1.54) is 0 Å². The summed E-state index contributed by atoms with van der Waals surface area (Å²) in [6.07, 6.45) is -0.597. The number of nitrogens with one attached hydrogen (secondary N) is 2. The molecule has 0 aliphatic heterocycles. The minimum atomic E-state index is -4.51. The molecule has 0 radical (unpaired) electrons. The third-order valence-electron chi connectivity index (χ3n) is 4.23. The van der Waals surface area contributed by atoms with Crippen LogP contribution in [0.15, 0.2) is 24.3 Å². The van der Waals surface area contributed by atoms with Crippen molar-refractivity contribution in [3.8, 4) is 17.5 Å². The van der Waals surface area contributed by atoms with Gasteiger partial charge in [0.15, 0.2) is 12.0 Å². The second-order valence-corrected chi connectivity index (χ2v) is 5.86. The van der Waals surface area contributed by atoms with Gasteiger partial charge in [0, 0.05) is 11.5 Å². The van der Waals surface area contributed by atoms with E-state index in [0.29, 0.717) is 12.8 Å². The summed E-state index contributed by atoms with van der Waals surface area (Å²) < 4.78 is 52.2. The molecule has 1 amide bonds. The minimum Gasteiger partial charge on any atom is -0.307 e. The smallest absolute Gasteiger partial charge is 0.307 e. The first-order chi connectivity index (χ1) is 12.3. The Kier molecular flexibility index (Phi) is 4.54. The molecule has 1 aliphatic rings. The zero-order chi connectivity index (χ0) is 18.9.